The molecule has 0 amide bonds. The Morgan fingerprint density at radius 3 is 2.25 bits per heavy atom. The van der Waals surface area contributed by atoms with Crippen LogP contribution in [0.1, 0.15) is 21.5 Å². The maximum absolute atomic E-state index is 12.4. The van der Waals surface area contributed by atoms with Crippen molar-refractivity contribution in [2.75, 3.05) is 0 Å². The number of ketones is 1. The fraction of sp³-hybridized carbons (Fsp3) is 0.133. The van der Waals surface area contributed by atoms with Crippen LogP contribution in [0.4, 0.5) is 13.2 Å². The molecule has 5 heteroatoms. The van der Waals surface area contributed by atoms with E-state index in [1.807, 2.05) is 0 Å². The Bertz CT molecular complexity index is 618. The molecule has 0 spiro atoms. The highest BCUT2D eigenvalue weighted by atomic mass is 35.5. The van der Waals surface area contributed by atoms with Crippen LogP contribution in [-0.4, -0.2) is 5.78 Å². The number of hydrogen-bond donors (Lipinski definition) is 0. The number of hydrogen-bond acceptors (Lipinski definition) is 1. The highest BCUT2D eigenvalue weighted by Crippen LogP contribution is 2.29. The van der Waals surface area contributed by atoms with E-state index in [0.717, 1.165) is 12.1 Å². The van der Waals surface area contributed by atoms with E-state index in [2.05, 4.69) is 0 Å². The molecule has 0 bridgehead atoms. The summed E-state index contributed by atoms with van der Waals surface area (Å²) in [5.74, 6) is -0.188. The minimum atomic E-state index is -4.37. The van der Waals surface area contributed by atoms with Crippen LogP contribution in [0.5, 0.6) is 0 Å². The summed E-state index contributed by atoms with van der Waals surface area (Å²) in [6, 6.07) is 11.0. The van der Waals surface area contributed by atoms with Crippen molar-refractivity contribution in [3.63, 3.8) is 0 Å². The van der Waals surface area contributed by atoms with Gasteiger partial charge in [-0.1, -0.05) is 35.9 Å². The standard InChI is InChI=1S/C15H10ClF3O/c16-13-3-1-2-11(9-13)14(20)8-10-4-6-12(7-5-10)15(17,18)19/h1-7,9H,8H2. The lowest BCUT2D eigenvalue weighted by molar-refractivity contribution is -0.137. The van der Waals surface area contributed by atoms with E-state index in [4.69, 9.17) is 11.6 Å². The first-order chi connectivity index (χ1) is 9.36. The Morgan fingerprint density at radius 1 is 1.05 bits per heavy atom. The fourth-order valence-corrected chi connectivity index (χ4v) is 1.95. The second-order valence-electron chi connectivity index (χ2n) is 4.30. The maximum atomic E-state index is 12.4. The van der Waals surface area contributed by atoms with E-state index in [-0.39, 0.29) is 12.2 Å². The summed E-state index contributed by atoms with van der Waals surface area (Å²) in [6.45, 7) is 0. The van der Waals surface area contributed by atoms with Gasteiger partial charge in [0.15, 0.2) is 5.78 Å². The molecule has 0 unspecified atom stereocenters. The van der Waals surface area contributed by atoms with Gasteiger partial charge in [-0.2, -0.15) is 13.2 Å². The van der Waals surface area contributed by atoms with Gasteiger partial charge in [0, 0.05) is 17.0 Å². The third-order valence-corrected chi connectivity index (χ3v) is 3.03. The molecule has 0 saturated carbocycles. The minimum absolute atomic E-state index is 0.0402. The van der Waals surface area contributed by atoms with Crippen LogP contribution < -0.4 is 0 Å². The lowest BCUT2D eigenvalue weighted by atomic mass is 10.0. The fourth-order valence-electron chi connectivity index (χ4n) is 1.76. The molecule has 0 radical (unpaired) electrons. The molecular weight excluding hydrogens is 289 g/mol. The molecule has 0 saturated heterocycles. The van der Waals surface area contributed by atoms with Gasteiger partial charge in [0.1, 0.15) is 0 Å². The highest BCUT2D eigenvalue weighted by Gasteiger charge is 2.29. The van der Waals surface area contributed by atoms with Gasteiger partial charge in [-0.3, -0.25) is 4.79 Å². The summed E-state index contributed by atoms with van der Waals surface area (Å²) in [4.78, 5) is 12.0. The normalized spacial score (nSPS) is 11.4. The van der Waals surface area contributed by atoms with Crippen molar-refractivity contribution >= 4 is 17.4 Å². The summed E-state index contributed by atoms with van der Waals surface area (Å²) in [7, 11) is 0. The van der Waals surface area contributed by atoms with Gasteiger partial charge in [0.05, 0.1) is 5.56 Å². The van der Waals surface area contributed by atoms with Gasteiger partial charge in [0.25, 0.3) is 0 Å². The monoisotopic (exact) mass is 298 g/mol. The van der Waals surface area contributed by atoms with Crippen molar-refractivity contribution in [1.29, 1.82) is 0 Å². The lowest BCUT2D eigenvalue weighted by Gasteiger charge is -2.07. The molecule has 0 aromatic heterocycles. The van der Waals surface area contributed by atoms with Crippen LogP contribution in [0.25, 0.3) is 0 Å². The zero-order valence-electron chi connectivity index (χ0n) is 10.2. The van der Waals surface area contributed by atoms with E-state index in [1.54, 1.807) is 18.2 Å². The van der Waals surface area contributed by atoms with Crippen LogP contribution in [0.15, 0.2) is 48.5 Å². The molecule has 0 atom stereocenters. The van der Waals surface area contributed by atoms with Crippen molar-refractivity contribution < 1.29 is 18.0 Å². The van der Waals surface area contributed by atoms with Crippen LogP contribution in [0.2, 0.25) is 5.02 Å². The highest BCUT2D eigenvalue weighted by molar-refractivity contribution is 6.31. The predicted octanol–water partition coefficient (Wildman–Crippen LogP) is 4.78. The average molecular weight is 299 g/mol. The summed E-state index contributed by atoms with van der Waals surface area (Å²) in [5.41, 5.74) is 0.247. The van der Waals surface area contributed by atoms with Crippen molar-refractivity contribution in [2.45, 2.75) is 12.6 Å². The van der Waals surface area contributed by atoms with Gasteiger partial charge in [-0.25, -0.2) is 0 Å². The molecule has 2 aromatic rings. The molecule has 104 valence electrons. The number of halogens is 4. The molecule has 0 heterocycles. The van der Waals surface area contributed by atoms with Gasteiger partial charge in [0.2, 0.25) is 0 Å². The average Bonchev–Trinajstić information content (AvgIpc) is 2.38. The predicted molar refractivity (Wildman–Crippen MR) is 70.9 cm³/mol. The summed E-state index contributed by atoms with van der Waals surface area (Å²) >= 11 is 5.79. The van der Waals surface area contributed by atoms with Crippen LogP contribution >= 0.6 is 11.6 Å². The molecule has 2 rings (SSSR count). The number of Topliss-reactive ketones (excluding diaryl/α,β-unsaturated/α-hetero) is 1. The Kier molecular flexibility index (Phi) is 4.14. The SMILES string of the molecule is O=C(Cc1ccc(C(F)(F)F)cc1)c1cccc(Cl)c1. The molecule has 0 aliphatic rings. The number of benzene rings is 2. The van der Waals surface area contributed by atoms with Crippen molar-refractivity contribution in [3.8, 4) is 0 Å². The number of carbonyl (C=O) groups excluding carboxylic acids is 1. The summed E-state index contributed by atoms with van der Waals surface area (Å²) in [5, 5.41) is 0.447. The zero-order valence-corrected chi connectivity index (χ0v) is 11.0. The second kappa shape index (κ2) is 5.67. The van der Waals surface area contributed by atoms with Crippen LogP contribution in [-0.2, 0) is 12.6 Å². The van der Waals surface area contributed by atoms with Gasteiger partial charge in [-0.15, -0.1) is 0 Å². The summed E-state index contributed by atoms with van der Waals surface area (Å²) in [6.07, 6.45) is -4.33. The second-order valence-corrected chi connectivity index (χ2v) is 4.74. The Hall–Kier alpha value is -1.81. The maximum Gasteiger partial charge on any atom is 0.416 e. The Labute approximate surface area is 119 Å². The van der Waals surface area contributed by atoms with E-state index in [9.17, 15) is 18.0 Å². The first-order valence-corrected chi connectivity index (χ1v) is 6.19. The van der Waals surface area contributed by atoms with Crippen LogP contribution in [0, 0.1) is 0 Å². The van der Waals surface area contributed by atoms with E-state index >= 15 is 0 Å². The number of rotatable bonds is 3. The van der Waals surface area contributed by atoms with Crippen molar-refractivity contribution in [3.05, 3.63) is 70.2 Å². The van der Waals surface area contributed by atoms with Crippen molar-refractivity contribution in [2.24, 2.45) is 0 Å². The van der Waals surface area contributed by atoms with Gasteiger partial charge >= 0.3 is 6.18 Å². The van der Waals surface area contributed by atoms with E-state index < -0.39 is 11.7 Å². The first-order valence-electron chi connectivity index (χ1n) is 5.81. The third-order valence-electron chi connectivity index (χ3n) is 2.79. The molecule has 2 aromatic carbocycles. The largest absolute Gasteiger partial charge is 0.416 e. The van der Waals surface area contributed by atoms with E-state index in [1.165, 1.54) is 18.2 Å². The third kappa shape index (κ3) is 3.61. The molecule has 20 heavy (non-hydrogen) atoms. The first kappa shape index (κ1) is 14.6. The Balaban J connectivity index is 2.12. The minimum Gasteiger partial charge on any atom is -0.294 e. The summed E-state index contributed by atoms with van der Waals surface area (Å²) < 4.78 is 37.2. The molecule has 0 aliphatic carbocycles. The quantitative estimate of drug-likeness (QED) is 0.745. The topological polar surface area (TPSA) is 17.1 Å². The molecule has 0 N–H and O–H groups in total. The van der Waals surface area contributed by atoms with Crippen molar-refractivity contribution in [1.82, 2.24) is 0 Å². The smallest absolute Gasteiger partial charge is 0.294 e. The zero-order chi connectivity index (χ0) is 14.8. The van der Waals surface area contributed by atoms with Gasteiger partial charge in [-0.05, 0) is 29.8 Å². The number of alkyl halides is 3. The number of carbonyl (C=O) groups is 1. The van der Waals surface area contributed by atoms with Crippen LogP contribution in [0.3, 0.4) is 0 Å². The molecular formula is C15H10ClF3O. The molecule has 0 fully saturated rings. The molecule has 1 nitrogen and oxygen atoms in total. The van der Waals surface area contributed by atoms with Gasteiger partial charge < -0.3 is 0 Å². The van der Waals surface area contributed by atoms with E-state index in [0.29, 0.717) is 16.1 Å². The Morgan fingerprint density at radius 2 is 1.70 bits per heavy atom. The lowest BCUT2D eigenvalue weighted by Crippen LogP contribution is -2.06. The molecule has 0 aliphatic heterocycles.